The number of benzene rings is 1. The van der Waals surface area contributed by atoms with Gasteiger partial charge in [-0.25, -0.2) is 4.79 Å². The van der Waals surface area contributed by atoms with Gasteiger partial charge in [0, 0.05) is 29.7 Å². The van der Waals surface area contributed by atoms with Gasteiger partial charge in [-0.3, -0.25) is 4.79 Å². The summed E-state index contributed by atoms with van der Waals surface area (Å²) in [6, 6.07) is 11.8. The third kappa shape index (κ3) is 2.01. The lowest BCUT2D eigenvalue weighted by Crippen LogP contribution is -2.30. The molecular weight excluding hydrogens is 304 g/mol. The molecule has 5 nitrogen and oxygen atoms in total. The van der Waals surface area contributed by atoms with E-state index in [4.69, 9.17) is 0 Å². The zero-order chi connectivity index (χ0) is 17.0. The Morgan fingerprint density at radius 1 is 1.21 bits per heavy atom. The Hall–Kier alpha value is -2.82. The van der Waals surface area contributed by atoms with Crippen molar-refractivity contribution in [1.82, 2.24) is 9.13 Å². The van der Waals surface area contributed by atoms with Crippen LogP contribution >= 0.6 is 0 Å². The Morgan fingerprint density at radius 3 is 2.67 bits per heavy atom. The van der Waals surface area contributed by atoms with Crippen molar-refractivity contribution < 1.29 is 9.90 Å². The molecule has 0 bridgehead atoms. The number of carboxylic acids is 1. The molecule has 3 aromatic rings. The van der Waals surface area contributed by atoms with Crippen molar-refractivity contribution in [3.63, 3.8) is 0 Å². The van der Waals surface area contributed by atoms with Crippen molar-refractivity contribution in [1.29, 1.82) is 0 Å². The number of fused-ring (bicyclic) bond motifs is 5. The molecule has 1 aliphatic heterocycles. The maximum Gasteiger partial charge on any atom is 0.341 e. The SMILES string of the molecule is CC(C)[C@@H]1Cn2c(cc3ccccc32)-c2cc(=O)c(C(=O)O)cn21. The lowest BCUT2D eigenvalue weighted by atomic mass is 9.99. The van der Waals surface area contributed by atoms with Crippen LogP contribution in [-0.2, 0) is 6.54 Å². The van der Waals surface area contributed by atoms with E-state index >= 15 is 0 Å². The molecule has 24 heavy (non-hydrogen) atoms. The molecule has 122 valence electrons. The second-order valence-electron chi connectivity index (χ2n) is 6.66. The van der Waals surface area contributed by atoms with Crippen molar-refractivity contribution in [2.45, 2.75) is 26.4 Å². The highest BCUT2D eigenvalue weighted by Crippen LogP contribution is 2.37. The first-order valence-electron chi connectivity index (χ1n) is 8.05. The van der Waals surface area contributed by atoms with Crippen molar-refractivity contribution in [3.05, 3.63) is 58.4 Å². The second kappa shape index (κ2) is 5.09. The van der Waals surface area contributed by atoms with E-state index in [9.17, 15) is 14.7 Å². The lowest BCUT2D eigenvalue weighted by Gasteiger charge is -2.33. The Labute approximate surface area is 138 Å². The summed E-state index contributed by atoms with van der Waals surface area (Å²) < 4.78 is 4.19. The topological polar surface area (TPSA) is 64.2 Å². The van der Waals surface area contributed by atoms with Crippen LogP contribution in [-0.4, -0.2) is 20.2 Å². The Balaban J connectivity index is 2.06. The van der Waals surface area contributed by atoms with Crippen LogP contribution in [0.1, 0.15) is 30.2 Å². The number of aromatic nitrogens is 2. The van der Waals surface area contributed by atoms with E-state index < -0.39 is 11.4 Å². The first kappa shape index (κ1) is 14.8. The third-order valence-electron chi connectivity index (χ3n) is 4.88. The van der Waals surface area contributed by atoms with Crippen LogP contribution in [0.4, 0.5) is 0 Å². The highest BCUT2D eigenvalue weighted by Gasteiger charge is 2.28. The minimum Gasteiger partial charge on any atom is -0.477 e. The molecule has 0 aliphatic carbocycles. The summed E-state index contributed by atoms with van der Waals surface area (Å²) in [6.07, 6.45) is 1.51. The highest BCUT2D eigenvalue weighted by molar-refractivity contribution is 5.89. The third-order valence-corrected chi connectivity index (χ3v) is 4.88. The molecule has 3 heterocycles. The summed E-state index contributed by atoms with van der Waals surface area (Å²) in [4.78, 5) is 23.6. The average Bonchev–Trinajstić information content (AvgIpc) is 2.92. The number of carbonyl (C=O) groups is 1. The van der Waals surface area contributed by atoms with E-state index in [1.807, 2.05) is 16.7 Å². The molecular formula is C19H18N2O3. The summed E-state index contributed by atoms with van der Waals surface area (Å²) >= 11 is 0. The number of rotatable bonds is 2. The molecule has 5 heteroatoms. The number of hydrogen-bond donors (Lipinski definition) is 1. The van der Waals surface area contributed by atoms with E-state index in [0.717, 1.165) is 28.8 Å². The number of aromatic carboxylic acids is 1. The van der Waals surface area contributed by atoms with Gasteiger partial charge in [0.05, 0.1) is 17.4 Å². The molecule has 1 aromatic carbocycles. The molecule has 1 atom stereocenters. The Kier molecular flexibility index (Phi) is 3.13. The summed E-state index contributed by atoms with van der Waals surface area (Å²) in [7, 11) is 0. The number of hydrogen-bond acceptors (Lipinski definition) is 2. The van der Waals surface area contributed by atoms with E-state index in [0.29, 0.717) is 5.92 Å². The molecule has 0 saturated heterocycles. The van der Waals surface area contributed by atoms with Crippen LogP contribution < -0.4 is 5.43 Å². The van der Waals surface area contributed by atoms with Gasteiger partial charge in [-0.2, -0.15) is 0 Å². The van der Waals surface area contributed by atoms with Crippen LogP contribution in [0, 0.1) is 5.92 Å². The fourth-order valence-corrected chi connectivity index (χ4v) is 3.62. The van der Waals surface area contributed by atoms with E-state index in [1.54, 1.807) is 0 Å². The maximum atomic E-state index is 12.2. The first-order chi connectivity index (χ1) is 11.5. The van der Waals surface area contributed by atoms with Crippen LogP contribution in [0.5, 0.6) is 0 Å². The molecule has 0 saturated carbocycles. The van der Waals surface area contributed by atoms with Gasteiger partial charge in [-0.1, -0.05) is 32.0 Å². The summed E-state index contributed by atoms with van der Waals surface area (Å²) in [5.41, 5.74) is 2.26. The highest BCUT2D eigenvalue weighted by atomic mass is 16.4. The van der Waals surface area contributed by atoms with Crippen LogP contribution in [0.2, 0.25) is 0 Å². The fourth-order valence-electron chi connectivity index (χ4n) is 3.62. The Bertz CT molecular complexity index is 1030. The van der Waals surface area contributed by atoms with E-state index in [-0.39, 0.29) is 11.6 Å². The summed E-state index contributed by atoms with van der Waals surface area (Å²) in [6.45, 7) is 4.99. The first-order valence-corrected chi connectivity index (χ1v) is 8.05. The normalized spacial score (nSPS) is 16.2. The molecule has 0 unspecified atom stereocenters. The van der Waals surface area contributed by atoms with Crippen molar-refractivity contribution >= 4 is 16.9 Å². The summed E-state index contributed by atoms with van der Waals surface area (Å²) in [5.74, 6) is -0.869. The zero-order valence-corrected chi connectivity index (χ0v) is 13.6. The summed E-state index contributed by atoms with van der Waals surface area (Å²) in [5, 5.41) is 10.4. The number of para-hydroxylation sites is 1. The van der Waals surface area contributed by atoms with Crippen LogP contribution in [0.25, 0.3) is 22.3 Å². The van der Waals surface area contributed by atoms with Gasteiger partial charge in [-0.05, 0) is 18.1 Å². The van der Waals surface area contributed by atoms with Gasteiger partial charge >= 0.3 is 5.97 Å². The zero-order valence-electron chi connectivity index (χ0n) is 13.6. The van der Waals surface area contributed by atoms with Gasteiger partial charge < -0.3 is 14.2 Å². The minimum absolute atomic E-state index is 0.0991. The number of nitrogens with zero attached hydrogens (tertiary/aromatic N) is 2. The number of carboxylic acid groups (broad SMARTS) is 1. The van der Waals surface area contributed by atoms with Gasteiger partial charge in [0.1, 0.15) is 5.56 Å². The molecule has 0 fully saturated rings. The van der Waals surface area contributed by atoms with Gasteiger partial charge in [-0.15, -0.1) is 0 Å². The molecule has 0 spiro atoms. The van der Waals surface area contributed by atoms with Crippen LogP contribution in [0.3, 0.4) is 0 Å². The number of pyridine rings is 1. The molecule has 1 N–H and O–H groups in total. The largest absolute Gasteiger partial charge is 0.477 e. The fraction of sp³-hybridized carbons (Fsp3) is 0.263. The molecule has 2 aromatic heterocycles. The van der Waals surface area contributed by atoms with E-state index in [1.165, 1.54) is 12.3 Å². The quantitative estimate of drug-likeness (QED) is 0.786. The molecule has 4 rings (SSSR count). The average molecular weight is 322 g/mol. The smallest absolute Gasteiger partial charge is 0.341 e. The molecule has 0 radical (unpaired) electrons. The van der Waals surface area contributed by atoms with Crippen molar-refractivity contribution in [2.24, 2.45) is 5.92 Å². The van der Waals surface area contributed by atoms with Crippen molar-refractivity contribution in [3.8, 4) is 11.4 Å². The van der Waals surface area contributed by atoms with Crippen LogP contribution in [0.15, 0.2) is 47.4 Å². The molecule has 0 amide bonds. The maximum absolute atomic E-state index is 12.2. The Morgan fingerprint density at radius 2 is 1.96 bits per heavy atom. The van der Waals surface area contributed by atoms with E-state index in [2.05, 4.69) is 36.6 Å². The van der Waals surface area contributed by atoms with Gasteiger partial charge in [0.15, 0.2) is 5.43 Å². The standard InChI is InChI=1S/C19H18N2O3/c1-11(2)17-10-21-14-6-4-3-5-12(14)7-15(21)16-8-18(22)13(19(23)24)9-20(16)17/h3-9,11,17H,10H2,1-2H3,(H,23,24)/t17-/m0/s1. The van der Waals surface area contributed by atoms with Crippen molar-refractivity contribution in [2.75, 3.05) is 0 Å². The monoisotopic (exact) mass is 322 g/mol. The minimum atomic E-state index is -1.18. The lowest BCUT2D eigenvalue weighted by molar-refractivity contribution is 0.0694. The predicted octanol–water partition coefficient (Wildman–Crippen LogP) is 3.38. The van der Waals surface area contributed by atoms with Gasteiger partial charge in [0.2, 0.25) is 0 Å². The van der Waals surface area contributed by atoms with Gasteiger partial charge in [0.25, 0.3) is 0 Å². The molecule has 1 aliphatic rings. The predicted molar refractivity (Wildman–Crippen MR) is 92.5 cm³/mol. The second-order valence-corrected chi connectivity index (χ2v) is 6.66.